The predicted molar refractivity (Wildman–Crippen MR) is 137 cm³/mol. The topological polar surface area (TPSA) is 77.1 Å². The Bertz CT molecular complexity index is 1670. The minimum Gasteiger partial charge on any atom is -0.491 e. The van der Waals surface area contributed by atoms with Crippen LogP contribution in [0.4, 0.5) is 20.2 Å². The Morgan fingerprint density at radius 2 is 1.64 bits per heavy atom. The zero-order valence-electron chi connectivity index (χ0n) is 20.4. The van der Waals surface area contributed by atoms with Gasteiger partial charge in [0.1, 0.15) is 29.4 Å². The molecular formula is C30H20F2N2O5. The van der Waals surface area contributed by atoms with E-state index in [0.717, 1.165) is 40.6 Å². The Hall–Kier alpha value is -4.92. The van der Waals surface area contributed by atoms with E-state index >= 15 is 0 Å². The van der Waals surface area contributed by atoms with Crippen LogP contribution in [-0.4, -0.2) is 25.2 Å². The monoisotopic (exact) mass is 526 g/mol. The van der Waals surface area contributed by atoms with Crippen LogP contribution in [0.15, 0.2) is 78.9 Å². The number of para-hydroxylation sites is 1. The van der Waals surface area contributed by atoms with Crippen LogP contribution in [0, 0.1) is 11.6 Å². The third-order valence-electron chi connectivity index (χ3n) is 7.38. The van der Waals surface area contributed by atoms with Gasteiger partial charge in [0.25, 0.3) is 5.91 Å². The maximum Gasteiger partial charge on any atom is 0.255 e. The number of hydrogen-bond donors (Lipinski definition) is 1. The molecule has 1 atom stereocenters. The lowest BCUT2D eigenvalue weighted by Gasteiger charge is -2.23. The van der Waals surface area contributed by atoms with Gasteiger partial charge in [0.05, 0.1) is 12.2 Å². The van der Waals surface area contributed by atoms with Crippen LogP contribution in [-0.2, 0) is 16.8 Å². The van der Waals surface area contributed by atoms with Crippen LogP contribution in [0.5, 0.6) is 17.2 Å². The average molecular weight is 526 g/mol. The molecule has 0 radical (unpaired) electrons. The molecule has 2 amide bonds. The highest BCUT2D eigenvalue weighted by molar-refractivity contribution is 6.11. The van der Waals surface area contributed by atoms with Crippen molar-refractivity contribution < 1.29 is 32.6 Å². The predicted octanol–water partition coefficient (Wildman–Crippen LogP) is 5.17. The van der Waals surface area contributed by atoms with Gasteiger partial charge >= 0.3 is 0 Å². The van der Waals surface area contributed by atoms with Crippen LogP contribution in [0.3, 0.4) is 0 Å². The maximum absolute atomic E-state index is 14.1. The first-order valence-electron chi connectivity index (χ1n) is 12.3. The second kappa shape index (κ2) is 8.56. The summed E-state index contributed by atoms with van der Waals surface area (Å²) in [6, 6.07) is 20.7. The average Bonchev–Trinajstić information content (AvgIpc) is 3.62. The van der Waals surface area contributed by atoms with Gasteiger partial charge < -0.3 is 24.4 Å². The second-order valence-electron chi connectivity index (χ2n) is 9.58. The van der Waals surface area contributed by atoms with Crippen molar-refractivity contribution in [3.63, 3.8) is 0 Å². The molecular weight excluding hydrogens is 506 g/mol. The third kappa shape index (κ3) is 3.53. The molecule has 4 aromatic rings. The number of nitrogens with zero attached hydrogens (tertiary/aromatic N) is 1. The van der Waals surface area contributed by atoms with Crippen molar-refractivity contribution >= 4 is 23.2 Å². The summed E-state index contributed by atoms with van der Waals surface area (Å²) in [5.41, 5.74) is 2.16. The van der Waals surface area contributed by atoms with E-state index in [9.17, 15) is 18.4 Å². The van der Waals surface area contributed by atoms with E-state index in [0.29, 0.717) is 17.2 Å². The summed E-state index contributed by atoms with van der Waals surface area (Å²) in [5, 5.41) is 2.39. The van der Waals surface area contributed by atoms with Crippen molar-refractivity contribution in [2.75, 3.05) is 23.6 Å². The van der Waals surface area contributed by atoms with Gasteiger partial charge in [0.15, 0.2) is 11.5 Å². The Morgan fingerprint density at radius 3 is 2.46 bits per heavy atom. The van der Waals surface area contributed by atoms with Crippen LogP contribution in [0.1, 0.15) is 27.0 Å². The van der Waals surface area contributed by atoms with E-state index in [1.807, 2.05) is 30.3 Å². The Balaban J connectivity index is 1.17. The van der Waals surface area contributed by atoms with Gasteiger partial charge in [0.2, 0.25) is 12.7 Å². The van der Waals surface area contributed by atoms with Gasteiger partial charge in [-0.3, -0.25) is 9.59 Å². The van der Waals surface area contributed by atoms with Gasteiger partial charge in [-0.15, -0.1) is 0 Å². The number of fused-ring (bicyclic) bond motifs is 5. The van der Waals surface area contributed by atoms with Crippen LogP contribution in [0.2, 0.25) is 0 Å². The number of carbonyl (C=O) groups excluding carboxylic acids is 2. The lowest BCUT2D eigenvalue weighted by atomic mass is 9.77. The zero-order chi connectivity index (χ0) is 26.7. The van der Waals surface area contributed by atoms with E-state index in [-0.39, 0.29) is 37.1 Å². The first kappa shape index (κ1) is 23.2. The number of nitrogens with one attached hydrogen (secondary N) is 1. The number of rotatable bonds is 4. The minimum absolute atomic E-state index is 0.118. The van der Waals surface area contributed by atoms with E-state index < -0.39 is 23.0 Å². The lowest BCUT2D eigenvalue weighted by Crippen LogP contribution is -2.42. The fourth-order valence-corrected chi connectivity index (χ4v) is 5.45. The molecule has 0 aromatic heterocycles. The zero-order valence-corrected chi connectivity index (χ0v) is 20.4. The van der Waals surface area contributed by atoms with Crippen molar-refractivity contribution in [2.45, 2.75) is 12.0 Å². The van der Waals surface area contributed by atoms with Crippen molar-refractivity contribution in [2.24, 2.45) is 0 Å². The molecule has 9 heteroatoms. The maximum atomic E-state index is 14.1. The van der Waals surface area contributed by atoms with E-state index in [4.69, 9.17) is 14.2 Å². The van der Waals surface area contributed by atoms with Crippen molar-refractivity contribution in [3.05, 3.63) is 113 Å². The van der Waals surface area contributed by atoms with E-state index in [1.165, 1.54) is 0 Å². The highest BCUT2D eigenvalue weighted by Gasteiger charge is 2.57. The van der Waals surface area contributed by atoms with Gasteiger partial charge in [0, 0.05) is 28.9 Å². The molecule has 1 N–H and O–H groups in total. The molecule has 4 aromatic carbocycles. The summed E-state index contributed by atoms with van der Waals surface area (Å²) in [6.45, 7) is 0.540. The number of halogens is 2. The van der Waals surface area contributed by atoms with Crippen molar-refractivity contribution in [1.82, 2.24) is 0 Å². The SMILES string of the molecule is O=C(Nc1cc(F)ccc1F)c1ccc(CN2C(=O)C3(COc4cc5c(cc43)OCO5)c3ccccc32)cc1. The van der Waals surface area contributed by atoms with Crippen LogP contribution in [0.25, 0.3) is 0 Å². The van der Waals surface area contributed by atoms with E-state index in [2.05, 4.69) is 5.32 Å². The van der Waals surface area contributed by atoms with Gasteiger partial charge in [-0.1, -0.05) is 30.3 Å². The Morgan fingerprint density at radius 1 is 0.872 bits per heavy atom. The fourth-order valence-electron chi connectivity index (χ4n) is 5.45. The van der Waals surface area contributed by atoms with Gasteiger partial charge in [-0.05, 0) is 47.5 Å². The molecule has 3 aliphatic rings. The van der Waals surface area contributed by atoms with Crippen molar-refractivity contribution in [1.29, 1.82) is 0 Å². The molecule has 194 valence electrons. The molecule has 0 saturated heterocycles. The summed E-state index contributed by atoms with van der Waals surface area (Å²) in [4.78, 5) is 28.5. The highest BCUT2D eigenvalue weighted by Crippen LogP contribution is 2.55. The Kier molecular flexibility index (Phi) is 5.09. The molecule has 7 rings (SSSR count). The molecule has 39 heavy (non-hydrogen) atoms. The molecule has 1 spiro atoms. The van der Waals surface area contributed by atoms with E-state index in [1.54, 1.807) is 35.2 Å². The molecule has 3 aliphatic heterocycles. The largest absolute Gasteiger partial charge is 0.491 e. The molecule has 0 fully saturated rings. The third-order valence-corrected chi connectivity index (χ3v) is 7.38. The highest BCUT2D eigenvalue weighted by atomic mass is 19.1. The first-order chi connectivity index (χ1) is 18.9. The van der Waals surface area contributed by atoms with Gasteiger partial charge in [-0.2, -0.15) is 0 Å². The van der Waals surface area contributed by atoms with Gasteiger partial charge in [-0.25, -0.2) is 8.78 Å². The van der Waals surface area contributed by atoms with Crippen LogP contribution >= 0.6 is 0 Å². The lowest BCUT2D eigenvalue weighted by molar-refractivity contribution is -0.122. The van der Waals surface area contributed by atoms with Crippen LogP contribution < -0.4 is 24.4 Å². The molecule has 7 nitrogen and oxygen atoms in total. The molecule has 3 heterocycles. The number of carbonyl (C=O) groups is 2. The molecule has 1 unspecified atom stereocenters. The summed E-state index contributed by atoms with van der Waals surface area (Å²) in [5.74, 6) is -0.330. The fraction of sp³-hybridized carbons (Fsp3) is 0.133. The molecule has 0 bridgehead atoms. The summed E-state index contributed by atoms with van der Waals surface area (Å²) in [6.07, 6.45) is 0. The Labute approximate surface area is 221 Å². The minimum atomic E-state index is -1.01. The number of hydrogen-bond acceptors (Lipinski definition) is 5. The van der Waals surface area contributed by atoms with Crippen molar-refractivity contribution in [3.8, 4) is 17.2 Å². The summed E-state index contributed by atoms with van der Waals surface area (Å²) in [7, 11) is 0. The second-order valence-corrected chi connectivity index (χ2v) is 9.58. The number of anilines is 2. The number of amides is 2. The first-order valence-corrected chi connectivity index (χ1v) is 12.3. The molecule has 0 aliphatic carbocycles. The number of ether oxygens (including phenoxy) is 3. The molecule has 0 saturated carbocycles. The quantitative estimate of drug-likeness (QED) is 0.397. The number of benzene rings is 4. The summed E-state index contributed by atoms with van der Waals surface area (Å²) >= 11 is 0. The summed E-state index contributed by atoms with van der Waals surface area (Å²) < 4.78 is 44.5. The smallest absolute Gasteiger partial charge is 0.255 e. The normalized spacial score (nSPS) is 18.2. The standard InChI is InChI=1S/C30H20F2N2O5/c31-19-9-10-22(32)23(11-19)33-28(35)18-7-5-17(6-8-18)14-34-24-4-2-1-3-20(24)30(29(34)36)15-37-25-13-27-26(12-21(25)30)38-16-39-27/h1-13H,14-16H2,(H,33,35).